The van der Waals surface area contributed by atoms with Crippen molar-refractivity contribution in [1.82, 2.24) is 10.2 Å². The predicted molar refractivity (Wildman–Crippen MR) is 112 cm³/mol. The second-order valence-corrected chi connectivity index (χ2v) is 6.95. The fraction of sp³-hybridized carbons (Fsp3) is 0.316. The predicted octanol–water partition coefficient (Wildman–Crippen LogP) is 3.53. The number of para-hydroxylation sites is 1. The molecule has 1 aliphatic rings. The minimum atomic E-state index is -0.446. The number of nitro benzene ring substituents is 1. The third-order valence-electron chi connectivity index (χ3n) is 4.62. The lowest BCUT2D eigenvalue weighted by molar-refractivity contribution is -0.387. The Kier molecular flexibility index (Phi) is 7.68. The van der Waals surface area contributed by atoms with Gasteiger partial charge in [0, 0.05) is 36.8 Å². The molecule has 1 amide bonds. The van der Waals surface area contributed by atoms with Gasteiger partial charge in [0.05, 0.1) is 23.0 Å². The maximum Gasteiger partial charge on any atom is 0.283 e. The molecule has 0 radical (unpaired) electrons. The number of halogens is 1. The summed E-state index contributed by atoms with van der Waals surface area (Å²) in [5, 5.41) is 14.6. The second-order valence-electron chi connectivity index (χ2n) is 6.10. The molecule has 28 heavy (non-hydrogen) atoms. The fourth-order valence-corrected chi connectivity index (χ4v) is 3.85. The van der Waals surface area contributed by atoms with E-state index in [1.54, 1.807) is 30.4 Å². The summed E-state index contributed by atoms with van der Waals surface area (Å²) in [4.78, 5) is 26.4. The van der Waals surface area contributed by atoms with E-state index < -0.39 is 4.92 Å². The molecule has 3 rings (SSSR count). The van der Waals surface area contributed by atoms with E-state index in [0.717, 1.165) is 5.56 Å². The Balaban J connectivity index is 0.00000280. The first-order valence-electron chi connectivity index (χ1n) is 8.54. The van der Waals surface area contributed by atoms with Gasteiger partial charge in [0.15, 0.2) is 0 Å². The van der Waals surface area contributed by atoms with Gasteiger partial charge in [0.25, 0.3) is 11.6 Å². The van der Waals surface area contributed by atoms with Gasteiger partial charge in [-0.05, 0) is 24.5 Å². The third-order valence-corrected chi connectivity index (χ3v) is 5.41. The van der Waals surface area contributed by atoms with Gasteiger partial charge in [-0.25, -0.2) is 0 Å². The molecule has 2 aromatic carbocycles. The van der Waals surface area contributed by atoms with E-state index in [1.165, 1.54) is 17.8 Å². The average molecular weight is 424 g/mol. The molecule has 0 bridgehead atoms. The molecule has 1 fully saturated rings. The van der Waals surface area contributed by atoms with Crippen molar-refractivity contribution in [1.29, 1.82) is 0 Å². The van der Waals surface area contributed by atoms with Crippen LogP contribution in [-0.4, -0.2) is 48.7 Å². The Hall–Kier alpha value is -2.29. The van der Waals surface area contributed by atoms with Crippen LogP contribution in [0.5, 0.6) is 5.75 Å². The summed E-state index contributed by atoms with van der Waals surface area (Å²) in [7, 11) is 1.60. The van der Waals surface area contributed by atoms with Crippen molar-refractivity contribution in [3.05, 3.63) is 63.7 Å². The minimum absolute atomic E-state index is 0. The van der Waals surface area contributed by atoms with Crippen LogP contribution in [0.1, 0.15) is 22.0 Å². The van der Waals surface area contributed by atoms with Crippen molar-refractivity contribution in [2.75, 3.05) is 33.0 Å². The number of nitro groups is 1. The maximum absolute atomic E-state index is 13.2. The van der Waals surface area contributed by atoms with Crippen LogP contribution in [0.4, 0.5) is 5.69 Å². The number of carbonyl (C=O) groups excluding carboxylic acids is 1. The molecule has 150 valence electrons. The summed E-state index contributed by atoms with van der Waals surface area (Å²) in [5.41, 5.74) is 1.19. The number of hydrogen-bond donors (Lipinski definition) is 1. The van der Waals surface area contributed by atoms with Crippen LogP contribution < -0.4 is 10.1 Å². The first-order chi connectivity index (χ1) is 13.1. The van der Waals surface area contributed by atoms with E-state index in [2.05, 4.69) is 5.32 Å². The van der Waals surface area contributed by atoms with E-state index in [1.807, 2.05) is 24.3 Å². The van der Waals surface area contributed by atoms with Gasteiger partial charge in [0.2, 0.25) is 0 Å². The molecule has 9 heteroatoms. The number of rotatable bonds is 5. The zero-order valence-electron chi connectivity index (χ0n) is 15.6. The van der Waals surface area contributed by atoms with E-state index in [9.17, 15) is 14.9 Å². The van der Waals surface area contributed by atoms with Gasteiger partial charge < -0.3 is 15.0 Å². The molecule has 7 nitrogen and oxygen atoms in total. The summed E-state index contributed by atoms with van der Waals surface area (Å²) in [6.45, 7) is 1.78. The van der Waals surface area contributed by atoms with Crippen LogP contribution in [0.3, 0.4) is 0 Å². The molecule has 2 aromatic rings. The van der Waals surface area contributed by atoms with Gasteiger partial charge in [-0.15, -0.1) is 24.2 Å². The summed E-state index contributed by atoms with van der Waals surface area (Å²) in [5.74, 6) is 0.496. The Morgan fingerprint density at radius 3 is 2.75 bits per heavy atom. The number of nitrogens with zero attached hydrogens (tertiary/aromatic N) is 2. The second kappa shape index (κ2) is 9.77. The number of carbonyl (C=O) groups is 1. The number of nitrogens with one attached hydrogen (secondary N) is 1. The highest BCUT2D eigenvalue weighted by Crippen LogP contribution is 2.33. The summed E-state index contributed by atoms with van der Waals surface area (Å²) < 4.78 is 5.46. The molecule has 1 atom stereocenters. The SMILES string of the molecule is COc1ccccc1C1CNCCN1C(=O)c1ccc(SC)c([N+](=O)[O-])c1.Cl. The van der Waals surface area contributed by atoms with Crippen molar-refractivity contribution >= 4 is 35.8 Å². The van der Waals surface area contributed by atoms with Gasteiger partial charge in [0.1, 0.15) is 5.75 Å². The van der Waals surface area contributed by atoms with Crippen LogP contribution >= 0.6 is 24.2 Å². The lowest BCUT2D eigenvalue weighted by Crippen LogP contribution is -2.48. The molecule has 0 aliphatic carbocycles. The van der Waals surface area contributed by atoms with Gasteiger partial charge in [-0.2, -0.15) is 0 Å². The number of thioether (sulfide) groups is 1. The average Bonchev–Trinajstić information content (AvgIpc) is 2.72. The lowest BCUT2D eigenvalue weighted by Gasteiger charge is -2.37. The molecule has 0 aromatic heterocycles. The van der Waals surface area contributed by atoms with Crippen molar-refractivity contribution < 1.29 is 14.5 Å². The Morgan fingerprint density at radius 2 is 2.07 bits per heavy atom. The number of benzene rings is 2. The quantitative estimate of drug-likeness (QED) is 0.450. The van der Waals surface area contributed by atoms with Gasteiger partial charge >= 0.3 is 0 Å². The molecule has 1 aliphatic heterocycles. The minimum Gasteiger partial charge on any atom is -0.496 e. The standard InChI is InChI=1S/C19H21N3O4S.ClH/c1-26-17-6-4-3-5-14(17)16-12-20-9-10-21(16)19(23)13-7-8-18(27-2)15(11-13)22(24)25;/h3-8,11,16,20H,9-10,12H2,1-2H3;1H. The number of hydrogen-bond acceptors (Lipinski definition) is 6. The number of ether oxygens (including phenoxy) is 1. The van der Waals surface area contributed by atoms with Crippen molar-refractivity contribution in [2.45, 2.75) is 10.9 Å². The molecule has 1 unspecified atom stereocenters. The Morgan fingerprint density at radius 1 is 1.32 bits per heavy atom. The first-order valence-corrected chi connectivity index (χ1v) is 9.76. The molecule has 1 saturated heterocycles. The zero-order chi connectivity index (χ0) is 19.4. The maximum atomic E-state index is 13.2. The van der Waals surface area contributed by atoms with E-state index >= 15 is 0 Å². The smallest absolute Gasteiger partial charge is 0.283 e. The van der Waals surface area contributed by atoms with Gasteiger partial charge in [-0.1, -0.05) is 18.2 Å². The monoisotopic (exact) mass is 423 g/mol. The summed E-state index contributed by atoms with van der Waals surface area (Å²) in [6, 6.07) is 12.1. The molecule has 0 spiro atoms. The third kappa shape index (κ3) is 4.40. The molecule has 1 N–H and O–H groups in total. The van der Waals surface area contributed by atoms with E-state index in [0.29, 0.717) is 35.8 Å². The normalized spacial score (nSPS) is 16.2. The van der Waals surface area contributed by atoms with Crippen molar-refractivity contribution in [3.8, 4) is 5.75 Å². The number of amides is 1. The highest BCUT2D eigenvalue weighted by molar-refractivity contribution is 7.98. The number of methoxy groups -OCH3 is 1. The van der Waals surface area contributed by atoms with Crippen LogP contribution in [0.15, 0.2) is 47.4 Å². The largest absolute Gasteiger partial charge is 0.496 e. The lowest BCUT2D eigenvalue weighted by atomic mass is 10.0. The highest BCUT2D eigenvalue weighted by Gasteiger charge is 2.31. The Labute approximate surface area is 174 Å². The van der Waals surface area contributed by atoms with E-state index in [-0.39, 0.29) is 30.0 Å². The van der Waals surface area contributed by atoms with Crippen LogP contribution in [0.25, 0.3) is 0 Å². The fourth-order valence-electron chi connectivity index (χ4n) is 3.30. The number of piperazine rings is 1. The first kappa shape index (κ1) is 22.0. The topological polar surface area (TPSA) is 84.7 Å². The van der Waals surface area contributed by atoms with Crippen molar-refractivity contribution in [2.24, 2.45) is 0 Å². The molecular formula is C19H22ClN3O4S. The summed E-state index contributed by atoms with van der Waals surface area (Å²) >= 11 is 1.29. The van der Waals surface area contributed by atoms with Gasteiger partial charge in [-0.3, -0.25) is 14.9 Å². The summed E-state index contributed by atoms with van der Waals surface area (Å²) in [6.07, 6.45) is 1.78. The molecular weight excluding hydrogens is 402 g/mol. The van der Waals surface area contributed by atoms with E-state index in [4.69, 9.17) is 4.74 Å². The Bertz CT molecular complexity index is 865. The molecule has 1 heterocycles. The molecule has 0 saturated carbocycles. The van der Waals surface area contributed by atoms with Crippen LogP contribution in [0.2, 0.25) is 0 Å². The van der Waals surface area contributed by atoms with Crippen LogP contribution in [0, 0.1) is 10.1 Å². The van der Waals surface area contributed by atoms with Crippen LogP contribution in [-0.2, 0) is 0 Å². The highest BCUT2D eigenvalue weighted by atomic mass is 35.5. The van der Waals surface area contributed by atoms with Crippen molar-refractivity contribution in [3.63, 3.8) is 0 Å². The zero-order valence-corrected chi connectivity index (χ0v) is 17.2.